The highest BCUT2D eigenvalue weighted by Crippen LogP contribution is 2.51. The zero-order valence-corrected chi connectivity index (χ0v) is 41.2. The van der Waals surface area contributed by atoms with Gasteiger partial charge in [-0.1, -0.05) is 84.9 Å². The second-order valence-electron chi connectivity index (χ2n) is 18.7. The second kappa shape index (κ2) is 19.8. The van der Waals surface area contributed by atoms with Gasteiger partial charge in [0.2, 0.25) is 0 Å². The third-order valence-corrected chi connectivity index (χ3v) is 13.8. The normalized spacial score (nSPS) is 12.3. The predicted molar refractivity (Wildman–Crippen MR) is 291 cm³/mol. The minimum absolute atomic E-state index is 0.0562. The van der Waals surface area contributed by atoms with Gasteiger partial charge in [-0.3, -0.25) is 0 Å². The summed E-state index contributed by atoms with van der Waals surface area (Å²) in [4.78, 5) is 27.3. The molecule has 0 amide bonds. The number of hydrogen-bond donors (Lipinski definition) is 2. The van der Waals surface area contributed by atoms with Gasteiger partial charge in [0, 0.05) is 39.0 Å². The Morgan fingerprint density at radius 2 is 0.575 bits per heavy atom. The quantitative estimate of drug-likeness (QED) is 0.147. The molecule has 2 aliphatic heterocycles. The number of H-pyrrole nitrogens is 2. The molecule has 2 aliphatic rings. The predicted octanol–water partition coefficient (Wildman–Crippen LogP) is 16.1. The maximum Gasteiger partial charge on any atom is 0.254 e. The van der Waals surface area contributed by atoms with E-state index in [1.54, 1.807) is 48.5 Å². The van der Waals surface area contributed by atoms with Crippen LogP contribution in [0.4, 0.5) is 41.1 Å². The van der Waals surface area contributed by atoms with E-state index in [0.717, 1.165) is 0 Å². The molecule has 80 heavy (non-hydrogen) atoms. The summed E-state index contributed by atoms with van der Waals surface area (Å²) in [7, 11) is 0. The lowest BCUT2D eigenvalue weighted by atomic mass is 9.87. The molecule has 0 saturated carbocycles. The number of nitrogens with one attached hydrogen (secondary N) is 2. The van der Waals surface area contributed by atoms with Crippen LogP contribution in [-0.4, -0.2) is 40.8 Å². The summed E-state index contributed by atoms with van der Waals surface area (Å²) < 4.78 is 122. The van der Waals surface area contributed by atoms with Crippen LogP contribution >= 0.6 is 0 Å². The molecule has 0 atom stereocenters. The smallest absolute Gasteiger partial charge is 0.254 e. The number of fused-ring (bicyclic) bond motifs is 8. The number of halogens is 8. The molecule has 3 aromatic heterocycles. The Kier molecular flexibility index (Phi) is 12.2. The molecule has 5 heterocycles. The van der Waals surface area contributed by atoms with Crippen molar-refractivity contribution in [3.8, 4) is 55.6 Å². The average molecular weight is 1070 g/mol. The number of aromatic amines is 2. The van der Waals surface area contributed by atoms with Gasteiger partial charge in [0.05, 0.1) is 28.0 Å². The Morgan fingerprint density at radius 1 is 0.263 bits per heavy atom. The molecule has 0 fully saturated rings. The highest BCUT2D eigenvalue weighted by molar-refractivity contribution is 6.22. The lowest BCUT2D eigenvalue weighted by Crippen LogP contribution is -2.04. The Bertz CT molecular complexity index is 4480. The first kappa shape index (κ1) is 49.1. The topological polar surface area (TPSA) is 108 Å². The molecule has 0 radical (unpaired) electrons. The number of hydrogen-bond acceptors (Lipinski definition) is 6. The first-order valence-electron chi connectivity index (χ1n) is 24.8. The molecule has 8 aromatic carbocycles. The van der Waals surface area contributed by atoms with Crippen molar-refractivity contribution in [3.05, 3.63) is 274 Å². The van der Waals surface area contributed by atoms with E-state index in [1.165, 1.54) is 146 Å². The Labute approximate surface area is 448 Å². The van der Waals surface area contributed by atoms with Crippen molar-refractivity contribution in [3.63, 3.8) is 0 Å². The third kappa shape index (κ3) is 8.97. The third-order valence-electron chi connectivity index (χ3n) is 13.8. The van der Waals surface area contributed by atoms with E-state index in [-0.39, 0.29) is 67.9 Å². The van der Waals surface area contributed by atoms with Crippen molar-refractivity contribution in [1.82, 2.24) is 35.1 Å². The zero-order valence-electron chi connectivity index (χ0n) is 41.2. The molecule has 8 nitrogen and oxygen atoms in total. The number of aliphatic imine (C=N–C) groups is 1. The summed E-state index contributed by atoms with van der Waals surface area (Å²) in [6, 6.07) is 44.8. The summed E-state index contributed by atoms with van der Waals surface area (Å²) in [5, 5.41) is 9.01. The van der Waals surface area contributed by atoms with E-state index in [2.05, 4.69) is 20.2 Å². The van der Waals surface area contributed by atoms with Crippen LogP contribution < -0.4 is 0 Å². The van der Waals surface area contributed by atoms with Crippen molar-refractivity contribution < 1.29 is 35.1 Å². The van der Waals surface area contributed by atoms with E-state index < -0.39 is 46.5 Å². The van der Waals surface area contributed by atoms with Crippen LogP contribution in [-0.2, 0) is 0 Å². The lowest BCUT2D eigenvalue weighted by Gasteiger charge is -2.14. The molecule has 8 bridgehead atoms. The summed E-state index contributed by atoms with van der Waals surface area (Å²) in [6.07, 6.45) is 0. The van der Waals surface area contributed by atoms with E-state index in [4.69, 9.17) is 19.9 Å². The van der Waals surface area contributed by atoms with Gasteiger partial charge < -0.3 is 9.97 Å². The molecule has 0 spiro atoms. The lowest BCUT2D eigenvalue weighted by molar-refractivity contribution is 0.627. The van der Waals surface area contributed by atoms with E-state index in [0.29, 0.717) is 66.8 Å². The van der Waals surface area contributed by atoms with Gasteiger partial charge in [0.15, 0.2) is 5.65 Å². The molecule has 2 N–H and O–H groups in total. The maximum absolute atomic E-state index is 15.5. The van der Waals surface area contributed by atoms with E-state index in [9.17, 15) is 4.39 Å². The number of benzene rings is 8. The SMILES string of the molecule is Fc1ccc(C2=Nc3nc2c(-c2ccc(F)cc2)c2[nH]c(c(-c4ccc(F)cc4)c4nc(c(-c5ccc(F)cc5)c5nnc(n3)[nH]5)C(c3ccc(F)cc3)=C4c3ccc(F)cc3)c(-c3ccc(F)cc3)c2-c2ccc(F)cc2)cc1. The van der Waals surface area contributed by atoms with Crippen LogP contribution in [0.15, 0.2) is 199 Å². The van der Waals surface area contributed by atoms with Gasteiger partial charge in [-0.05, 0) is 148 Å². The minimum atomic E-state index is -0.591. The van der Waals surface area contributed by atoms with Crippen LogP contribution in [0, 0.1) is 46.5 Å². The molecule has 386 valence electrons. The average Bonchev–Trinajstić information content (AvgIpc) is 4.29. The first-order chi connectivity index (χ1) is 38.9. The second-order valence-corrected chi connectivity index (χ2v) is 18.7. The van der Waals surface area contributed by atoms with Gasteiger partial charge >= 0.3 is 0 Å². The van der Waals surface area contributed by atoms with Crippen molar-refractivity contribution >= 4 is 45.3 Å². The maximum atomic E-state index is 15.5. The summed E-state index contributed by atoms with van der Waals surface area (Å²) in [6.45, 7) is 0. The van der Waals surface area contributed by atoms with Crippen LogP contribution in [0.1, 0.15) is 33.8 Å². The van der Waals surface area contributed by atoms with Gasteiger partial charge in [0.1, 0.15) is 57.9 Å². The van der Waals surface area contributed by atoms with Crippen molar-refractivity contribution in [2.75, 3.05) is 0 Å². The van der Waals surface area contributed by atoms with E-state index >= 15 is 30.7 Å². The Balaban J connectivity index is 1.37. The number of rotatable bonds is 8. The Hall–Kier alpha value is -10.5. The molecular weight excluding hydrogens is 1030 g/mol. The Morgan fingerprint density at radius 3 is 0.963 bits per heavy atom. The highest BCUT2D eigenvalue weighted by atomic mass is 19.2. The van der Waals surface area contributed by atoms with Crippen LogP contribution in [0.5, 0.6) is 0 Å². The molecular formula is C64H34F8N8. The summed E-state index contributed by atoms with van der Waals surface area (Å²) in [5.74, 6) is -4.80. The fraction of sp³-hybridized carbons (Fsp3) is 0. The first-order valence-corrected chi connectivity index (χ1v) is 24.8. The largest absolute Gasteiger partial charge is 0.353 e. The van der Waals surface area contributed by atoms with Crippen LogP contribution in [0.2, 0.25) is 0 Å². The van der Waals surface area contributed by atoms with Gasteiger partial charge in [-0.25, -0.2) is 50.1 Å². The van der Waals surface area contributed by atoms with Crippen LogP contribution in [0.25, 0.3) is 89.2 Å². The fourth-order valence-corrected chi connectivity index (χ4v) is 10.2. The molecule has 11 aromatic rings. The van der Waals surface area contributed by atoms with Crippen LogP contribution in [0.3, 0.4) is 0 Å². The minimum Gasteiger partial charge on any atom is -0.353 e. The van der Waals surface area contributed by atoms with Gasteiger partial charge in [-0.15, -0.1) is 10.2 Å². The van der Waals surface area contributed by atoms with Crippen molar-refractivity contribution in [2.24, 2.45) is 4.99 Å². The van der Waals surface area contributed by atoms with Gasteiger partial charge in [0.25, 0.3) is 11.7 Å². The molecule has 0 aliphatic carbocycles. The summed E-state index contributed by atoms with van der Waals surface area (Å²) in [5.41, 5.74) is 6.52. The highest BCUT2D eigenvalue weighted by Gasteiger charge is 2.33. The summed E-state index contributed by atoms with van der Waals surface area (Å²) >= 11 is 0. The van der Waals surface area contributed by atoms with Crippen molar-refractivity contribution in [1.29, 1.82) is 0 Å². The molecule has 0 saturated heterocycles. The zero-order chi connectivity index (χ0) is 54.8. The van der Waals surface area contributed by atoms with Gasteiger partial charge in [-0.2, -0.15) is 4.98 Å². The fourth-order valence-electron chi connectivity index (χ4n) is 10.2. The number of nitrogens with zero attached hydrogens (tertiary/aromatic N) is 6. The van der Waals surface area contributed by atoms with E-state index in [1.807, 2.05) is 0 Å². The number of aromatic nitrogens is 7. The monoisotopic (exact) mass is 1070 g/mol. The van der Waals surface area contributed by atoms with Crippen molar-refractivity contribution in [2.45, 2.75) is 0 Å². The standard InChI is InChI=1S/C64H34F8N8/c65-41-17-1-33(2-18-41)49-50(34-3-19-42(66)20-4-34)59-54(38-11-27-46(70)28-12-38)61-56(40-15-31-48(72)32-16-40)75-63(76-61)78-64-77-62(79-80-64)55(39-13-29-47(71)30-14-39)60-52(36-7-23-44(68)24-8-36)51(35-5-21-43(67)22-6-35)58(74-60)53(57(49)73-59)37-9-25-45(69)26-10-37/h1-32,73H,(H,75,76,77,78,79,80). The molecule has 0 unspecified atom stereocenters. The molecule has 13 rings (SSSR count). The molecule has 16 heteroatoms.